The summed E-state index contributed by atoms with van der Waals surface area (Å²) in [7, 11) is -2.65. The second-order valence-corrected chi connectivity index (χ2v) is 7.19. The van der Waals surface area contributed by atoms with Crippen molar-refractivity contribution in [3.8, 4) is 0 Å². The Morgan fingerprint density at radius 1 is 1.45 bits per heavy atom. The van der Waals surface area contributed by atoms with Crippen LogP contribution in [-0.2, 0) is 25.3 Å². The van der Waals surface area contributed by atoms with Gasteiger partial charge in [0.15, 0.2) is 5.54 Å². The van der Waals surface area contributed by atoms with Gasteiger partial charge in [-0.2, -0.15) is 4.31 Å². The number of carboxylic acid groups (broad SMARTS) is 1. The van der Waals surface area contributed by atoms with Gasteiger partial charge in [-0.05, 0) is 18.9 Å². The average molecular weight is 331 g/mol. The lowest BCUT2D eigenvalue weighted by Crippen LogP contribution is -2.56. The summed E-state index contributed by atoms with van der Waals surface area (Å²) in [4.78, 5) is 11.6. The van der Waals surface area contributed by atoms with Crippen molar-refractivity contribution in [3.05, 3.63) is 35.6 Å². The number of hydrogen-bond donors (Lipinski definition) is 1. The Morgan fingerprint density at radius 2 is 2.14 bits per heavy atom. The van der Waals surface area contributed by atoms with E-state index >= 15 is 0 Å². The third-order valence-electron chi connectivity index (χ3n) is 3.84. The summed E-state index contributed by atoms with van der Waals surface area (Å²) in [6, 6.07) is 5.56. The topological polar surface area (TPSA) is 83.9 Å². The third-order valence-corrected chi connectivity index (χ3v) is 5.72. The van der Waals surface area contributed by atoms with Crippen LogP contribution in [0.5, 0.6) is 0 Å². The third kappa shape index (κ3) is 2.99. The van der Waals surface area contributed by atoms with Crippen molar-refractivity contribution in [2.45, 2.75) is 24.1 Å². The minimum Gasteiger partial charge on any atom is -0.480 e. The van der Waals surface area contributed by atoms with Crippen molar-refractivity contribution >= 4 is 16.0 Å². The lowest BCUT2D eigenvalue weighted by molar-refractivity contribution is -0.150. The van der Waals surface area contributed by atoms with Gasteiger partial charge in [0.1, 0.15) is 5.82 Å². The number of carbonyl (C=O) groups is 1. The number of carboxylic acids is 1. The van der Waals surface area contributed by atoms with Crippen molar-refractivity contribution in [2.75, 3.05) is 20.3 Å². The van der Waals surface area contributed by atoms with E-state index in [2.05, 4.69) is 0 Å². The van der Waals surface area contributed by atoms with Crippen LogP contribution in [0.4, 0.5) is 4.39 Å². The molecule has 0 spiro atoms. The summed E-state index contributed by atoms with van der Waals surface area (Å²) in [6.07, 6.45) is 0.596. The van der Waals surface area contributed by atoms with E-state index in [0.717, 1.165) is 4.31 Å². The number of nitrogens with zero attached hydrogens (tertiary/aromatic N) is 1. The van der Waals surface area contributed by atoms with Crippen LogP contribution >= 0.6 is 0 Å². The van der Waals surface area contributed by atoms with Crippen molar-refractivity contribution < 1.29 is 27.4 Å². The smallest absolute Gasteiger partial charge is 0.327 e. The fourth-order valence-electron chi connectivity index (χ4n) is 2.81. The van der Waals surface area contributed by atoms with Gasteiger partial charge in [-0.3, -0.25) is 4.79 Å². The molecular formula is C14H18FNO5S. The van der Waals surface area contributed by atoms with Gasteiger partial charge in [0.05, 0.1) is 12.4 Å². The molecule has 1 aliphatic rings. The summed E-state index contributed by atoms with van der Waals surface area (Å²) in [5.74, 6) is -2.44. The zero-order valence-electron chi connectivity index (χ0n) is 12.2. The molecular weight excluding hydrogens is 313 g/mol. The molecule has 1 N–H and O–H groups in total. The van der Waals surface area contributed by atoms with Crippen molar-refractivity contribution in [2.24, 2.45) is 0 Å². The van der Waals surface area contributed by atoms with Crippen LogP contribution < -0.4 is 0 Å². The molecule has 1 aliphatic heterocycles. The number of rotatable bonds is 6. The number of methoxy groups -OCH3 is 1. The molecule has 0 aliphatic carbocycles. The zero-order chi connectivity index (χ0) is 16.4. The van der Waals surface area contributed by atoms with Gasteiger partial charge in [0.25, 0.3) is 0 Å². The molecule has 122 valence electrons. The maximum atomic E-state index is 13.7. The molecule has 1 saturated heterocycles. The number of hydrogen-bond acceptors (Lipinski definition) is 4. The molecule has 1 aromatic carbocycles. The lowest BCUT2D eigenvalue weighted by atomic mass is 9.99. The number of aliphatic carboxylic acids is 1. The van der Waals surface area contributed by atoms with E-state index in [1.807, 2.05) is 0 Å². The fraction of sp³-hybridized carbons (Fsp3) is 0.500. The molecule has 0 aromatic heterocycles. The Hall–Kier alpha value is -1.51. The van der Waals surface area contributed by atoms with E-state index in [4.69, 9.17) is 4.74 Å². The van der Waals surface area contributed by atoms with Crippen molar-refractivity contribution in [3.63, 3.8) is 0 Å². The van der Waals surface area contributed by atoms with Gasteiger partial charge in [0, 0.05) is 19.2 Å². The van der Waals surface area contributed by atoms with E-state index < -0.39 is 33.1 Å². The summed E-state index contributed by atoms with van der Waals surface area (Å²) in [5, 5.41) is 9.49. The fourth-order valence-corrected chi connectivity index (χ4v) is 4.75. The highest BCUT2D eigenvalue weighted by Crippen LogP contribution is 2.34. The predicted molar refractivity (Wildman–Crippen MR) is 77.2 cm³/mol. The number of ether oxygens (including phenoxy) is 1. The molecule has 0 amide bonds. The second-order valence-electron chi connectivity index (χ2n) is 5.29. The van der Waals surface area contributed by atoms with Crippen molar-refractivity contribution in [1.29, 1.82) is 0 Å². The summed E-state index contributed by atoms with van der Waals surface area (Å²) >= 11 is 0. The Labute approximate surface area is 128 Å². The van der Waals surface area contributed by atoms with E-state index in [1.54, 1.807) is 0 Å². The Balaban J connectivity index is 2.35. The summed E-state index contributed by atoms with van der Waals surface area (Å²) in [5.41, 5.74) is -1.59. The highest BCUT2D eigenvalue weighted by atomic mass is 32.2. The Bertz CT molecular complexity index is 663. The highest BCUT2D eigenvalue weighted by molar-refractivity contribution is 7.88. The zero-order valence-corrected chi connectivity index (χ0v) is 13.0. The van der Waals surface area contributed by atoms with Crippen LogP contribution in [-0.4, -0.2) is 49.6 Å². The normalized spacial score (nSPS) is 22.8. The van der Waals surface area contributed by atoms with E-state index in [0.29, 0.717) is 6.42 Å². The molecule has 1 heterocycles. The molecule has 1 aromatic rings. The van der Waals surface area contributed by atoms with Gasteiger partial charge in [-0.1, -0.05) is 18.2 Å². The molecule has 1 fully saturated rings. The van der Waals surface area contributed by atoms with Crippen LogP contribution in [0.25, 0.3) is 0 Å². The predicted octanol–water partition coefficient (Wildman–Crippen LogP) is 1.22. The van der Waals surface area contributed by atoms with Gasteiger partial charge in [-0.25, -0.2) is 12.8 Å². The van der Waals surface area contributed by atoms with E-state index in [-0.39, 0.29) is 25.1 Å². The monoisotopic (exact) mass is 331 g/mol. The minimum atomic E-state index is -3.98. The van der Waals surface area contributed by atoms with E-state index in [1.165, 1.54) is 31.4 Å². The summed E-state index contributed by atoms with van der Waals surface area (Å²) < 4.78 is 44.7. The molecule has 8 heteroatoms. The first-order valence-corrected chi connectivity index (χ1v) is 8.41. The van der Waals surface area contributed by atoms with Crippen molar-refractivity contribution in [1.82, 2.24) is 4.31 Å². The first kappa shape index (κ1) is 16.9. The molecule has 0 saturated carbocycles. The summed E-state index contributed by atoms with van der Waals surface area (Å²) in [6.45, 7) is -0.148. The van der Waals surface area contributed by atoms with Crippen LogP contribution in [0.3, 0.4) is 0 Å². The highest BCUT2D eigenvalue weighted by Gasteiger charge is 2.53. The van der Waals surface area contributed by atoms with Crippen LogP contribution in [0.1, 0.15) is 18.4 Å². The van der Waals surface area contributed by atoms with Crippen LogP contribution in [0.2, 0.25) is 0 Å². The van der Waals surface area contributed by atoms with Gasteiger partial charge in [0.2, 0.25) is 10.0 Å². The average Bonchev–Trinajstić information content (AvgIpc) is 2.88. The van der Waals surface area contributed by atoms with Crippen LogP contribution in [0, 0.1) is 5.82 Å². The molecule has 6 nitrogen and oxygen atoms in total. The first-order chi connectivity index (χ1) is 10.3. The van der Waals surface area contributed by atoms with Crippen LogP contribution in [0.15, 0.2) is 24.3 Å². The Kier molecular flexibility index (Phi) is 4.84. The quantitative estimate of drug-likeness (QED) is 0.847. The molecule has 0 bridgehead atoms. The SMILES string of the molecule is COCC1(C(=O)O)CCCN1S(=O)(=O)Cc1ccccc1F. The number of halogens is 1. The molecule has 0 radical (unpaired) electrons. The Morgan fingerprint density at radius 3 is 2.73 bits per heavy atom. The maximum absolute atomic E-state index is 13.7. The number of sulfonamides is 1. The first-order valence-electron chi connectivity index (χ1n) is 6.80. The molecule has 1 unspecified atom stereocenters. The number of benzene rings is 1. The van der Waals surface area contributed by atoms with Gasteiger partial charge in [-0.15, -0.1) is 0 Å². The molecule has 22 heavy (non-hydrogen) atoms. The second kappa shape index (κ2) is 6.31. The minimum absolute atomic E-state index is 0.0195. The standard InChI is InChI=1S/C14H18FNO5S/c1-21-10-14(13(17)18)7-4-8-16(14)22(19,20)9-11-5-2-3-6-12(11)15/h2-3,5-6H,4,7-10H2,1H3,(H,17,18). The largest absolute Gasteiger partial charge is 0.480 e. The molecule has 2 rings (SSSR count). The van der Waals surface area contributed by atoms with E-state index in [9.17, 15) is 22.7 Å². The maximum Gasteiger partial charge on any atom is 0.327 e. The van der Waals surface area contributed by atoms with Gasteiger partial charge >= 0.3 is 5.97 Å². The lowest BCUT2D eigenvalue weighted by Gasteiger charge is -2.33. The molecule has 1 atom stereocenters. The van der Waals surface area contributed by atoms with Gasteiger partial charge < -0.3 is 9.84 Å².